The number of amides is 2. The Morgan fingerprint density at radius 3 is 2.68 bits per heavy atom. The van der Waals surface area contributed by atoms with E-state index in [2.05, 4.69) is 5.16 Å². The summed E-state index contributed by atoms with van der Waals surface area (Å²) in [4.78, 5) is 26.6. The molecule has 2 heterocycles. The van der Waals surface area contributed by atoms with Crippen molar-refractivity contribution >= 4 is 17.5 Å². The van der Waals surface area contributed by atoms with Gasteiger partial charge in [-0.25, -0.2) is 0 Å². The summed E-state index contributed by atoms with van der Waals surface area (Å²) in [5, 5.41) is 4.09. The number of rotatable bonds is 2. The van der Waals surface area contributed by atoms with Crippen LogP contribution < -0.4 is 10.6 Å². The Morgan fingerprint density at radius 1 is 1.04 bits per heavy atom. The third-order valence-electron chi connectivity index (χ3n) is 5.16. The highest BCUT2D eigenvalue weighted by atomic mass is 16.5. The molecule has 0 radical (unpaired) electrons. The fourth-order valence-corrected chi connectivity index (χ4v) is 3.92. The zero-order chi connectivity index (χ0) is 17.4. The van der Waals surface area contributed by atoms with Gasteiger partial charge < -0.3 is 15.2 Å². The van der Waals surface area contributed by atoms with Crippen molar-refractivity contribution in [3.8, 4) is 0 Å². The number of anilines is 1. The molecule has 0 saturated carbocycles. The molecular weight excluding hydrogens is 318 g/mol. The first-order chi connectivity index (χ1) is 12.2. The molecule has 0 spiro atoms. The molecule has 0 fully saturated rings. The number of hydrogen-bond donors (Lipinski definition) is 1. The number of nitrogens with two attached hydrogens (primary N) is 1. The van der Waals surface area contributed by atoms with Gasteiger partial charge in [-0.3, -0.25) is 9.59 Å². The number of carbonyl (C=O) groups is 2. The second-order valence-corrected chi connectivity index (χ2v) is 6.72. The van der Waals surface area contributed by atoms with Crippen molar-refractivity contribution in [3.63, 3.8) is 0 Å². The van der Waals surface area contributed by atoms with Gasteiger partial charge in [0.25, 0.3) is 5.91 Å². The Balaban J connectivity index is 1.73. The zero-order valence-electron chi connectivity index (χ0n) is 14.1. The van der Waals surface area contributed by atoms with Gasteiger partial charge in [-0.1, -0.05) is 17.6 Å². The highest BCUT2D eigenvalue weighted by Gasteiger charge is 2.31. The van der Waals surface area contributed by atoms with Crippen LogP contribution in [0.25, 0.3) is 0 Å². The van der Waals surface area contributed by atoms with E-state index >= 15 is 0 Å². The molecule has 2 aromatic rings. The first kappa shape index (κ1) is 15.9. The maximum atomic E-state index is 13.2. The van der Waals surface area contributed by atoms with Gasteiger partial charge in [0, 0.05) is 29.8 Å². The highest BCUT2D eigenvalue weighted by molar-refractivity contribution is 6.07. The Labute approximate surface area is 146 Å². The van der Waals surface area contributed by atoms with Crippen LogP contribution in [-0.4, -0.2) is 23.5 Å². The van der Waals surface area contributed by atoms with Crippen LogP contribution in [0.4, 0.5) is 5.69 Å². The summed E-state index contributed by atoms with van der Waals surface area (Å²) in [5.74, 6) is 0.250. The van der Waals surface area contributed by atoms with Gasteiger partial charge in [-0.05, 0) is 49.8 Å². The molecular formula is C19H21N3O3. The lowest BCUT2D eigenvalue weighted by molar-refractivity contribution is 0.0969. The molecule has 4 rings (SSSR count). The summed E-state index contributed by atoms with van der Waals surface area (Å²) in [6.45, 7) is 0.607. The van der Waals surface area contributed by atoms with Gasteiger partial charge in [0.2, 0.25) is 5.91 Å². The summed E-state index contributed by atoms with van der Waals surface area (Å²) >= 11 is 0. The molecule has 0 unspecified atom stereocenters. The van der Waals surface area contributed by atoms with Crippen molar-refractivity contribution in [3.05, 3.63) is 46.3 Å². The van der Waals surface area contributed by atoms with E-state index in [9.17, 15) is 9.59 Å². The smallest absolute Gasteiger partial charge is 0.280 e. The number of nitrogens with zero attached hydrogens (tertiary/aromatic N) is 2. The van der Waals surface area contributed by atoms with Crippen LogP contribution >= 0.6 is 0 Å². The Morgan fingerprint density at radius 2 is 1.84 bits per heavy atom. The molecule has 6 heteroatoms. The third-order valence-corrected chi connectivity index (χ3v) is 5.16. The minimum atomic E-state index is -0.457. The van der Waals surface area contributed by atoms with Crippen LogP contribution in [0.2, 0.25) is 0 Å². The quantitative estimate of drug-likeness (QED) is 0.852. The van der Waals surface area contributed by atoms with Gasteiger partial charge in [-0.15, -0.1) is 0 Å². The standard InChI is InChI=1S/C19H21N3O3/c20-18(23)13-7-4-9-15-12(13)8-5-11-22(15)19(24)17-14-6-2-1-3-10-16(14)25-21-17/h4,7,9H,1-3,5-6,8,10-11H2,(H2,20,23). The summed E-state index contributed by atoms with van der Waals surface area (Å²) < 4.78 is 5.46. The van der Waals surface area contributed by atoms with E-state index in [1.54, 1.807) is 17.0 Å². The molecule has 130 valence electrons. The first-order valence-corrected chi connectivity index (χ1v) is 8.88. The average Bonchev–Trinajstić information content (AvgIpc) is 2.88. The van der Waals surface area contributed by atoms with E-state index in [1.807, 2.05) is 6.07 Å². The maximum absolute atomic E-state index is 13.2. The lowest BCUT2D eigenvalue weighted by Gasteiger charge is -2.30. The summed E-state index contributed by atoms with van der Waals surface area (Å²) in [6, 6.07) is 5.36. The van der Waals surface area contributed by atoms with Crippen molar-refractivity contribution in [2.75, 3.05) is 11.4 Å². The maximum Gasteiger partial charge on any atom is 0.280 e. The van der Waals surface area contributed by atoms with Crippen molar-refractivity contribution in [2.45, 2.75) is 44.9 Å². The normalized spacial score (nSPS) is 16.7. The molecule has 2 N–H and O–H groups in total. The molecule has 2 aliphatic rings. The van der Waals surface area contributed by atoms with E-state index in [0.717, 1.165) is 67.5 Å². The number of hydrogen-bond acceptors (Lipinski definition) is 4. The monoisotopic (exact) mass is 339 g/mol. The lowest BCUT2D eigenvalue weighted by atomic mass is 9.95. The number of aryl methyl sites for hydroxylation is 1. The highest BCUT2D eigenvalue weighted by Crippen LogP contribution is 2.32. The summed E-state index contributed by atoms with van der Waals surface area (Å²) in [5.41, 5.74) is 8.98. The summed E-state index contributed by atoms with van der Waals surface area (Å²) in [7, 11) is 0. The zero-order valence-corrected chi connectivity index (χ0v) is 14.1. The van der Waals surface area contributed by atoms with E-state index < -0.39 is 5.91 Å². The predicted octanol–water partition coefficient (Wildman–Crippen LogP) is 2.64. The van der Waals surface area contributed by atoms with Crippen molar-refractivity contribution in [2.24, 2.45) is 5.73 Å². The van der Waals surface area contributed by atoms with Crippen molar-refractivity contribution in [1.82, 2.24) is 5.16 Å². The Hall–Kier alpha value is -2.63. The van der Waals surface area contributed by atoms with Gasteiger partial charge in [0.1, 0.15) is 5.76 Å². The molecule has 25 heavy (non-hydrogen) atoms. The second-order valence-electron chi connectivity index (χ2n) is 6.72. The largest absolute Gasteiger partial charge is 0.366 e. The van der Waals surface area contributed by atoms with E-state index in [1.165, 1.54) is 0 Å². The molecule has 0 saturated heterocycles. The van der Waals surface area contributed by atoms with Gasteiger partial charge in [0.15, 0.2) is 5.69 Å². The number of benzene rings is 1. The molecule has 0 bridgehead atoms. The topological polar surface area (TPSA) is 89.4 Å². The molecule has 1 aromatic carbocycles. The average molecular weight is 339 g/mol. The van der Waals surface area contributed by atoms with Gasteiger partial charge >= 0.3 is 0 Å². The van der Waals surface area contributed by atoms with Crippen LogP contribution in [-0.2, 0) is 19.3 Å². The molecule has 1 aromatic heterocycles. The van der Waals surface area contributed by atoms with Crippen LogP contribution in [0.15, 0.2) is 22.7 Å². The van der Waals surface area contributed by atoms with Crippen molar-refractivity contribution in [1.29, 1.82) is 0 Å². The van der Waals surface area contributed by atoms with Crippen LogP contribution in [0.3, 0.4) is 0 Å². The van der Waals surface area contributed by atoms with E-state index in [0.29, 0.717) is 17.8 Å². The van der Waals surface area contributed by atoms with E-state index in [-0.39, 0.29) is 5.91 Å². The summed E-state index contributed by atoms with van der Waals surface area (Å²) in [6.07, 6.45) is 6.49. The molecule has 6 nitrogen and oxygen atoms in total. The Kier molecular flexibility index (Phi) is 4.03. The predicted molar refractivity (Wildman–Crippen MR) is 92.7 cm³/mol. The fraction of sp³-hybridized carbons (Fsp3) is 0.421. The fourth-order valence-electron chi connectivity index (χ4n) is 3.92. The SMILES string of the molecule is NC(=O)c1cccc2c1CCCN2C(=O)c1noc2c1CCCCC2. The van der Waals surface area contributed by atoms with Crippen molar-refractivity contribution < 1.29 is 14.1 Å². The van der Waals surface area contributed by atoms with E-state index in [4.69, 9.17) is 10.3 Å². The molecule has 1 aliphatic carbocycles. The van der Waals surface area contributed by atoms with Gasteiger partial charge in [0.05, 0.1) is 0 Å². The number of carbonyl (C=O) groups excluding carboxylic acids is 2. The lowest BCUT2D eigenvalue weighted by Crippen LogP contribution is -2.37. The minimum absolute atomic E-state index is 0.144. The molecule has 2 amide bonds. The first-order valence-electron chi connectivity index (χ1n) is 8.88. The second kappa shape index (κ2) is 6.35. The number of aromatic nitrogens is 1. The Bertz CT molecular complexity index is 840. The molecule has 1 aliphatic heterocycles. The number of fused-ring (bicyclic) bond motifs is 2. The van der Waals surface area contributed by atoms with Crippen LogP contribution in [0, 0.1) is 0 Å². The van der Waals surface area contributed by atoms with Gasteiger partial charge in [-0.2, -0.15) is 0 Å². The van der Waals surface area contributed by atoms with Crippen LogP contribution in [0.5, 0.6) is 0 Å². The number of primary amides is 1. The molecule has 0 atom stereocenters. The third kappa shape index (κ3) is 2.71. The van der Waals surface area contributed by atoms with Crippen LogP contribution in [0.1, 0.15) is 63.4 Å². The minimum Gasteiger partial charge on any atom is -0.366 e.